The number of carboxylic acid groups (broad SMARTS) is 1. The van der Waals surface area contributed by atoms with E-state index >= 15 is 0 Å². The van der Waals surface area contributed by atoms with Gasteiger partial charge >= 0.3 is 6.09 Å². The van der Waals surface area contributed by atoms with Gasteiger partial charge in [0.2, 0.25) is 11.8 Å². The molecule has 184 valence electrons. The summed E-state index contributed by atoms with van der Waals surface area (Å²) in [6, 6.07) is 21.2. The lowest BCUT2D eigenvalue weighted by Crippen LogP contribution is -2.57. The fourth-order valence-corrected chi connectivity index (χ4v) is 4.84. The molecule has 1 unspecified atom stereocenters. The van der Waals surface area contributed by atoms with Gasteiger partial charge in [-0.3, -0.25) is 4.79 Å². The molecule has 36 heavy (non-hydrogen) atoms. The molecule has 3 heterocycles. The summed E-state index contributed by atoms with van der Waals surface area (Å²) in [6.07, 6.45) is -0.736. The quantitative estimate of drug-likeness (QED) is 0.455. The summed E-state index contributed by atoms with van der Waals surface area (Å²) in [6.45, 7) is 4.36. The molecule has 2 aromatic carbocycles. The highest BCUT2D eigenvalue weighted by Crippen LogP contribution is 2.32. The molecule has 1 N–H and O–H groups in total. The van der Waals surface area contributed by atoms with Crippen LogP contribution < -0.4 is 0 Å². The summed E-state index contributed by atoms with van der Waals surface area (Å²) in [5, 5.41) is 17.6. The van der Waals surface area contributed by atoms with Crippen molar-refractivity contribution in [2.75, 3.05) is 19.6 Å². The highest BCUT2D eigenvalue weighted by atomic mass is 16.4. The molecule has 2 amide bonds. The molecule has 4 aromatic rings. The van der Waals surface area contributed by atoms with Gasteiger partial charge in [0.25, 0.3) is 5.91 Å². The molecule has 0 aliphatic carbocycles. The number of rotatable bonds is 5. The van der Waals surface area contributed by atoms with E-state index in [0.717, 1.165) is 22.6 Å². The molecule has 1 saturated heterocycles. The molecule has 1 atom stereocenters. The minimum Gasteiger partial charge on any atom is -0.465 e. The standard InChI is InChI=1S/C27H27N5O4/c1-18-15-23(25(20-9-5-3-6-10-20)32(18)21-11-7-4-8-12-21)26(33)31-14-13-30(27(34)35)17-22(31)16-24-29-28-19(2)36-24/h3-12,15,22H,13-14,16-17H2,1-2H3,(H,34,35). The molecular weight excluding hydrogens is 458 g/mol. The largest absolute Gasteiger partial charge is 0.465 e. The molecule has 2 aromatic heterocycles. The van der Waals surface area contributed by atoms with Crippen molar-refractivity contribution in [3.63, 3.8) is 0 Å². The van der Waals surface area contributed by atoms with Crippen LogP contribution in [0.3, 0.4) is 0 Å². The van der Waals surface area contributed by atoms with Crippen molar-refractivity contribution in [2.24, 2.45) is 0 Å². The van der Waals surface area contributed by atoms with Crippen molar-refractivity contribution >= 4 is 12.0 Å². The SMILES string of the molecule is Cc1nnc(CC2CN(C(=O)O)CCN2C(=O)c2cc(C)n(-c3ccccc3)c2-c2ccccc2)o1. The van der Waals surface area contributed by atoms with Crippen LogP contribution in [0.15, 0.2) is 71.1 Å². The Morgan fingerprint density at radius 1 is 1.00 bits per heavy atom. The fourth-order valence-electron chi connectivity index (χ4n) is 4.84. The van der Waals surface area contributed by atoms with Crippen molar-refractivity contribution in [3.8, 4) is 16.9 Å². The Bertz CT molecular complexity index is 1380. The summed E-state index contributed by atoms with van der Waals surface area (Å²) in [5.74, 6) is 0.650. The monoisotopic (exact) mass is 485 g/mol. The number of amides is 2. The lowest BCUT2D eigenvalue weighted by atomic mass is 10.0. The third-order valence-corrected chi connectivity index (χ3v) is 6.47. The third-order valence-electron chi connectivity index (χ3n) is 6.47. The van der Waals surface area contributed by atoms with Crippen LogP contribution in [0.4, 0.5) is 4.79 Å². The van der Waals surface area contributed by atoms with Crippen molar-refractivity contribution in [2.45, 2.75) is 26.3 Å². The molecule has 0 saturated carbocycles. The van der Waals surface area contributed by atoms with Crippen LogP contribution in [-0.4, -0.2) is 67.3 Å². The molecule has 9 heteroatoms. The maximum absolute atomic E-state index is 14.2. The highest BCUT2D eigenvalue weighted by molar-refractivity contribution is 6.01. The minimum absolute atomic E-state index is 0.155. The number of hydrogen-bond donors (Lipinski definition) is 1. The lowest BCUT2D eigenvalue weighted by molar-refractivity contribution is 0.0439. The van der Waals surface area contributed by atoms with Gasteiger partial charge in [0.15, 0.2) is 0 Å². The number of aryl methyl sites for hydroxylation is 2. The van der Waals surface area contributed by atoms with Crippen LogP contribution >= 0.6 is 0 Å². The van der Waals surface area contributed by atoms with Gasteiger partial charge in [-0.15, -0.1) is 10.2 Å². The van der Waals surface area contributed by atoms with E-state index in [9.17, 15) is 14.7 Å². The van der Waals surface area contributed by atoms with E-state index in [1.807, 2.05) is 73.7 Å². The zero-order valence-corrected chi connectivity index (χ0v) is 20.2. The first-order valence-corrected chi connectivity index (χ1v) is 11.8. The van der Waals surface area contributed by atoms with Crippen molar-refractivity contribution < 1.29 is 19.1 Å². The Morgan fingerprint density at radius 2 is 1.69 bits per heavy atom. The zero-order valence-electron chi connectivity index (χ0n) is 20.2. The van der Waals surface area contributed by atoms with Crippen LogP contribution in [0, 0.1) is 13.8 Å². The van der Waals surface area contributed by atoms with Crippen molar-refractivity contribution in [1.29, 1.82) is 0 Å². The Morgan fingerprint density at radius 3 is 2.33 bits per heavy atom. The number of carbonyl (C=O) groups excluding carboxylic acids is 1. The normalized spacial score (nSPS) is 15.8. The number of carbonyl (C=O) groups is 2. The summed E-state index contributed by atoms with van der Waals surface area (Å²) < 4.78 is 7.65. The van der Waals surface area contributed by atoms with Crippen molar-refractivity contribution in [1.82, 2.24) is 24.6 Å². The first-order valence-electron chi connectivity index (χ1n) is 11.8. The van der Waals surface area contributed by atoms with E-state index in [1.165, 1.54) is 4.90 Å². The maximum Gasteiger partial charge on any atom is 0.407 e. The Hall–Kier alpha value is -4.40. The lowest BCUT2D eigenvalue weighted by Gasteiger charge is -2.40. The van der Waals surface area contributed by atoms with Crippen LogP contribution in [0.1, 0.15) is 27.8 Å². The van der Waals surface area contributed by atoms with E-state index in [2.05, 4.69) is 14.8 Å². The number of benzene rings is 2. The molecule has 0 bridgehead atoms. The second-order valence-electron chi connectivity index (χ2n) is 8.88. The second-order valence-corrected chi connectivity index (χ2v) is 8.88. The van der Waals surface area contributed by atoms with Gasteiger partial charge in [0.05, 0.1) is 17.3 Å². The molecule has 5 rings (SSSR count). The maximum atomic E-state index is 14.2. The highest BCUT2D eigenvalue weighted by Gasteiger charge is 2.36. The van der Waals surface area contributed by atoms with Gasteiger partial charge in [-0.05, 0) is 30.7 Å². The van der Waals surface area contributed by atoms with Crippen LogP contribution in [0.25, 0.3) is 16.9 Å². The predicted molar refractivity (Wildman–Crippen MR) is 133 cm³/mol. The average molecular weight is 486 g/mol. The zero-order chi connectivity index (χ0) is 25.2. The molecule has 0 radical (unpaired) electrons. The van der Waals surface area contributed by atoms with Crippen LogP contribution in [-0.2, 0) is 6.42 Å². The fraction of sp³-hybridized carbons (Fsp3) is 0.259. The van der Waals surface area contributed by atoms with Gasteiger partial charge in [-0.25, -0.2) is 4.79 Å². The number of piperazine rings is 1. The molecule has 0 spiro atoms. The number of nitrogens with zero attached hydrogens (tertiary/aromatic N) is 5. The van der Waals surface area contributed by atoms with Gasteiger partial charge < -0.3 is 23.9 Å². The van der Waals surface area contributed by atoms with Crippen LogP contribution in [0.5, 0.6) is 0 Å². The smallest absolute Gasteiger partial charge is 0.407 e. The van der Waals surface area contributed by atoms with E-state index in [1.54, 1.807) is 11.8 Å². The van der Waals surface area contributed by atoms with Gasteiger partial charge in [0.1, 0.15) is 0 Å². The average Bonchev–Trinajstić information content (AvgIpc) is 3.46. The summed E-state index contributed by atoms with van der Waals surface area (Å²) >= 11 is 0. The van der Waals surface area contributed by atoms with E-state index in [-0.39, 0.29) is 32.0 Å². The summed E-state index contributed by atoms with van der Waals surface area (Å²) in [4.78, 5) is 28.9. The number of para-hydroxylation sites is 1. The van der Waals surface area contributed by atoms with Crippen molar-refractivity contribution in [3.05, 3.63) is 89.8 Å². The third kappa shape index (κ3) is 4.47. The second kappa shape index (κ2) is 9.69. The van der Waals surface area contributed by atoms with E-state index in [0.29, 0.717) is 17.3 Å². The summed E-state index contributed by atoms with van der Waals surface area (Å²) in [5.41, 5.74) is 4.18. The molecule has 1 aliphatic heterocycles. The number of hydrogen-bond acceptors (Lipinski definition) is 5. The minimum atomic E-state index is -1.01. The first kappa shape index (κ1) is 23.3. The first-order chi connectivity index (χ1) is 17.4. The predicted octanol–water partition coefficient (Wildman–Crippen LogP) is 4.19. The summed E-state index contributed by atoms with van der Waals surface area (Å²) in [7, 11) is 0. The Labute approximate surface area is 208 Å². The molecular formula is C27H27N5O4. The van der Waals surface area contributed by atoms with E-state index in [4.69, 9.17) is 4.42 Å². The molecule has 1 fully saturated rings. The van der Waals surface area contributed by atoms with Crippen LogP contribution in [0.2, 0.25) is 0 Å². The number of aromatic nitrogens is 3. The van der Waals surface area contributed by atoms with E-state index < -0.39 is 12.1 Å². The Balaban J connectivity index is 1.57. The van der Waals surface area contributed by atoms with Gasteiger partial charge in [-0.1, -0.05) is 48.5 Å². The Kier molecular flexibility index (Phi) is 6.28. The van der Waals surface area contributed by atoms with Gasteiger partial charge in [-0.2, -0.15) is 0 Å². The topological polar surface area (TPSA) is 105 Å². The van der Waals surface area contributed by atoms with Gasteiger partial charge in [0, 0.05) is 44.4 Å². The molecule has 1 aliphatic rings. The molecule has 9 nitrogen and oxygen atoms in total.